The molecule has 24 heavy (non-hydrogen) atoms. The third-order valence-electron chi connectivity index (χ3n) is 4.82. The van der Waals surface area contributed by atoms with Crippen molar-refractivity contribution in [2.45, 2.75) is 19.4 Å². The van der Waals surface area contributed by atoms with Crippen molar-refractivity contribution in [3.8, 4) is 0 Å². The van der Waals surface area contributed by atoms with Gasteiger partial charge in [-0.3, -0.25) is 9.69 Å². The fourth-order valence-electron chi connectivity index (χ4n) is 3.35. The molecule has 6 nitrogen and oxygen atoms in total. The summed E-state index contributed by atoms with van der Waals surface area (Å²) in [4.78, 5) is 27.5. The molecule has 2 aliphatic heterocycles. The number of piperazine rings is 1. The molecule has 0 bridgehead atoms. The predicted octanol–water partition coefficient (Wildman–Crippen LogP) is 1.04. The van der Waals surface area contributed by atoms with Gasteiger partial charge in [-0.2, -0.15) is 0 Å². The number of piperidine rings is 1. The van der Waals surface area contributed by atoms with Crippen LogP contribution in [0, 0.1) is 5.92 Å². The van der Waals surface area contributed by atoms with E-state index < -0.39 is 0 Å². The van der Waals surface area contributed by atoms with Crippen LogP contribution in [0.5, 0.6) is 0 Å². The van der Waals surface area contributed by atoms with Crippen LogP contribution in [0.4, 0.5) is 4.79 Å². The monoisotopic (exact) mass is 330 g/mol. The van der Waals surface area contributed by atoms with Crippen LogP contribution in [0.2, 0.25) is 0 Å². The lowest BCUT2D eigenvalue weighted by Crippen LogP contribution is -2.53. The molecule has 0 spiro atoms. The zero-order valence-corrected chi connectivity index (χ0v) is 14.0. The topological polar surface area (TPSA) is 64.7 Å². The Kier molecular flexibility index (Phi) is 5.69. The van der Waals surface area contributed by atoms with Crippen molar-refractivity contribution in [2.24, 2.45) is 5.92 Å². The molecule has 3 amide bonds. The summed E-state index contributed by atoms with van der Waals surface area (Å²) in [5.74, 6) is 0.449. The van der Waals surface area contributed by atoms with Gasteiger partial charge in [-0.05, 0) is 37.4 Å². The summed E-state index contributed by atoms with van der Waals surface area (Å²) in [7, 11) is 0. The highest BCUT2D eigenvalue weighted by molar-refractivity contribution is 5.85. The normalized spacial score (nSPS) is 19.8. The van der Waals surface area contributed by atoms with Crippen molar-refractivity contribution in [1.82, 2.24) is 20.4 Å². The predicted molar refractivity (Wildman–Crippen MR) is 92.4 cm³/mol. The number of hydrogen-bond donors (Lipinski definition) is 2. The van der Waals surface area contributed by atoms with Crippen molar-refractivity contribution in [1.29, 1.82) is 0 Å². The number of carbonyl (C=O) groups is 2. The van der Waals surface area contributed by atoms with E-state index >= 15 is 0 Å². The first-order valence-electron chi connectivity index (χ1n) is 8.76. The van der Waals surface area contributed by atoms with Gasteiger partial charge >= 0.3 is 6.03 Å². The Labute approximate surface area is 143 Å². The van der Waals surface area contributed by atoms with Gasteiger partial charge in [0.1, 0.15) is 6.54 Å². The second kappa shape index (κ2) is 8.15. The number of likely N-dealkylation sites (tertiary alicyclic amines) is 1. The van der Waals surface area contributed by atoms with Crippen molar-refractivity contribution in [2.75, 3.05) is 39.3 Å². The minimum Gasteiger partial charge on any atom is -0.353 e. The van der Waals surface area contributed by atoms with Gasteiger partial charge in [-0.15, -0.1) is 0 Å². The van der Waals surface area contributed by atoms with E-state index in [1.54, 1.807) is 4.90 Å². The van der Waals surface area contributed by atoms with Crippen LogP contribution >= 0.6 is 0 Å². The van der Waals surface area contributed by atoms with Gasteiger partial charge in [0.25, 0.3) is 0 Å². The third-order valence-corrected chi connectivity index (χ3v) is 4.82. The molecule has 2 aliphatic rings. The molecule has 1 aromatic carbocycles. The van der Waals surface area contributed by atoms with Crippen LogP contribution in [-0.4, -0.2) is 61.0 Å². The summed E-state index contributed by atoms with van der Waals surface area (Å²) in [6.07, 6.45) is 2.21. The zero-order chi connectivity index (χ0) is 16.8. The van der Waals surface area contributed by atoms with Gasteiger partial charge in [-0.25, -0.2) is 4.79 Å². The van der Waals surface area contributed by atoms with Gasteiger partial charge in [-0.1, -0.05) is 30.3 Å². The molecule has 0 radical (unpaired) electrons. The van der Waals surface area contributed by atoms with Crippen LogP contribution in [0.1, 0.15) is 18.4 Å². The molecule has 0 atom stereocenters. The lowest BCUT2D eigenvalue weighted by Gasteiger charge is -2.33. The molecule has 6 heteroatoms. The molecular formula is C18H26N4O2. The molecule has 2 saturated heterocycles. The number of carbonyl (C=O) groups excluding carboxylic acids is 2. The molecule has 130 valence electrons. The molecule has 1 aromatic rings. The number of nitrogens with one attached hydrogen (secondary N) is 2. The fraction of sp³-hybridized carbons (Fsp3) is 0.556. The number of benzene rings is 1. The number of urea groups is 1. The summed E-state index contributed by atoms with van der Waals surface area (Å²) in [5.41, 5.74) is 1.35. The molecular weight excluding hydrogens is 304 g/mol. The lowest BCUT2D eigenvalue weighted by atomic mass is 9.96. The maximum atomic E-state index is 12.1. The second-order valence-corrected chi connectivity index (χ2v) is 6.66. The summed E-state index contributed by atoms with van der Waals surface area (Å²) in [6, 6.07) is 10.4. The Morgan fingerprint density at radius 1 is 1.17 bits per heavy atom. The summed E-state index contributed by atoms with van der Waals surface area (Å²) in [6.45, 7) is 5.15. The van der Waals surface area contributed by atoms with Gasteiger partial charge in [0.15, 0.2) is 0 Å². The smallest absolute Gasteiger partial charge is 0.317 e. The third kappa shape index (κ3) is 4.71. The molecule has 3 rings (SSSR count). The van der Waals surface area contributed by atoms with Crippen molar-refractivity contribution in [3.63, 3.8) is 0 Å². The highest BCUT2D eigenvalue weighted by atomic mass is 16.2. The van der Waals surface area contributed by atoms with E-state index in [0.29, 0.717) is 25.6 Å². The Bertz CT molecular complexity index is 555. The molecule has 2 N–H and O–H groups in total. The summed E-state index contributed by atoms with van der Waals surface area (Å²) in [5, 5.41) is 5.73. The molecule has 2 fully saturated rings. The molecule has 2 heterocycles. The number of nitrogens with zero attached hydrogens (tertiary/aromatic N) is 2. The molecule has 0 aliphatic carbocycles. The number of rotatable bonds is 4. The average molecular weight is 330 g/mol. The minimum absolute atomic E-state index is 0.0781. The quantitative estimate of drug-likeness (QED) is 0.867. The first-order valence-corrected chi connectivity index (χ1v) is 8.76. The first kappa shape index (κ1) is 16.8. The number of hydrogen-bond acceptors (Lipinski definition) is 3. The molecule has 0 aromatic heterocycles. The Morgan fingerprint density at radius 3 is 2.62 bits per heavy atom. The highest BCUT2D eigenvalue weighted by Crippen LogP contribution is 2.18. The SMILES string of the molecule is O=C1CN(C(=O)NCC2CCN(Cc3ccccc3)CC2)CCN1. The van der Waals surface area contributed by atoms with Crippen LogP contribution in [0.25, 0.3) is 0 Å². The Hall–Kier alpha value is -2.08. The van der Waals surface area contributed by atoms with E-state index in [0.717, 1.165) is 32.5 Å². The average Bonchev–Trinajstić information content (AvgIpc) is 2.62. The van der Waals surface area contributed by atoms with E-state index in [1.165, 1.54) is 5.56 Å². The largest absolute Gasteiger partial charge is 0.353 e. The summed E-state index contributed by atoms with van der Waals surface area (Å²) < 4.78 is 0. The standard InChI is InChI=1S/C18H26N4O2/c23-17-14-22(11-8-19-17)18(24)20-12-15-6-9-21(10-7-15)13-16-4-2-1-3-5-16/h1-5,15H,6-14H2,(H,19,23)(H,20,24). The highest BCUT2D eigenvalue weighted by Gasteiger charge is 2.23. The van der Waals surface area contributed by atoms with E-state index in [-0.39, 0.29) is 18.5 Å². The maximum absolute atomic E-state index is 12.1. The second-order valence-electron chi connectivity index (χ2n) is 6.66. The van der Waals surface area contributed by atoms with Crippen LogP contribution in [-0.2, 0) is 11.3 Å². The van der Waals surface area contributed by atoms with E-state index in [2.05, 4.69) is 39.8 Å². The zero-order valence-electron chi connectivity index (χ0n) is 14.0. The van der Waals surface area contributed by atoms with Crippen LogP contribution in [0.3, 0.4) is 0 Å². The van der Waals surface area contributed by atoms with Crippen LogP contribution in [0.15, 0.2) is 30.3 Å². The van der Waals surface area contributed by atoms with Gasteiger partial charge in [0, 0.05) is 26.2 Å². The fourth-order valence-corrected chi connectivity index (χ4v) is 3.35. The van der Waals surface area contributed by atoms with Gasteiger partial charge in [0.05, 0.1) is 0 Å². The molecule has 0 saturated carbocycles. The van der Waals surface area contributed by atoms with E-state index in [1.807, 2.05) is 6.07 Å². The van der Waals surface area contributed by atoms with Crippen LogP contribution < -0.4 is 10.6 Å². The Balaban J connectivity index is 1.36. The Morgan fingerprint density at radius 2 is 1.92 bits per heavy atom. The van der Waals surface area contributed by atoms with Gasteiger partial charge in [0.2, 0.25) is 5.91 Å². The summed E-state index contributed by atoms with van der Waals surface area (Å²) >= 11 is 0. The van der Waals surface area contributed by atoms with Gasteiger partial charge < -0.3 is 15.5 Å². The van der Waals surface area contributed by atoms with Crippen molar-refractivity contribution < 1.29 is 9.59 Å². The van der Waals surface area contributed by atoms with Crippen molar-refractivity contribution >= 4 is 11.9 Å². The van der Waals surface area contributed by atoms with E-state index in [4.69, 9.17) is 0 Å². The van der Waals surface area contributed by atoms with Crippen molar-refractivity contribution in [3.05, 3.63) is 35.9 Å². The lowest BCUT2D eigenvalue weighted by molar-refractivity contribution is -0.123. The molecule has 0 unspecified atom stereocenters. The maximum Gasteiger partial charge on any atom is 0.317 e. The minimum atomic E-state index is -0.114. The van der Waals surface area contributed by atoms with E-state index in [9.17, 15) is 9.59 Å². The first-order chi connectivity index (χ1) is 11.7. The number of amides is 3.